The van der Waals surface area contributed by atoms with Crippen LogP contribution in [0, 0.1) is 0 Å². The van der Waals surface area contributed by atoms with Crippen LogP contribution in [0.3, 0.4) is 0 Å². The van der Waals surface area contributed by atoms with E-state index in [0.29, 0.717) is 18.4 Å². The van der Waals surface area contributed by atoms with E-state index in [1.165, 1.54) is 10.8 Å². The quantitative estimate of drug-likeness (QED) is 0.562. The topological polar surface area (TPSA) is 112 Å². The molecule has 0 saturated heterocycles. The highest BCUT2D eigenvalue weighted by molar-refractivity contribution is 7.52. The fourth-order valence-corrected chi connectivity index (χ4v) is 3.35. The molecule has 1 aromatic rings. The van der Waals surface area contributed by atoms with Gasteiger partial charge in [-0.1, -0.05) is 22.7 Å². The predicted molar refractivity (Wildman–Crippen MR) is 74.1 cm³/mol. The van der Waals surface area contributed by atoms with E-state index in [4.69, 9.17) is 21.4 Å². The maximum Gasteiger partial charge on any atom is 0.329 e. The number of nitrogens with one attached hydrogen (secondary N) is 1. The Morgan fingerprint density at radius 2 is 1.95 bits per heavy atom. The van der Waals surface area contributed by atoms with Crippen LogP contribution in [0.4, 0.5) is 0 Å². The van der Waals surface area contributed by atoms with Crippen LogP contribution in [0.5, 0.6) is 0 Å². The van der Waals surface area contributed by atoms with Crippen molar-refractivity contribution in [3.8, 4) is 0 Å². The van der Waals surface area contributed by atoms with Crippen molar-refractivity contribution >= 4 is 19.2 Å². The lowest BCUT2D eigenvalue weighted by Crippen LogP contribution is -2.30. The summed E-state index contributed by atoms with van der Waals surface area (Å²) < 4.78 is 12.3. The predicted octanol–water partition coefficient (Wildman–Crippen LogP) is 0.848. The molecule has 3 N–H and O–H groups in total. The van der Waals surface area contributed by atoms with Gasteiger partial charge >= 0.3 is 13.3 Å². The second-order valence-corrected chi connectivity index (χ2v) is 6.80. The summed E-state index contributed by atoms with van der Waals surface area (Å²) in [7, 11) is -4.12. The maximum atomic E-state index is 11.6. The van der Waals surface area contributed by atoms with Gasteiger partial charge in [0.1, 0.15) is 5.02 Å². The Hall–Kier alpha value is -1.14. The molecule has 2 rings (SSSR count). The average Bonchev–Trinajstić information content (AvgIpc) is 2.71. The van der Waals surface area contributed by atoms with Crippen molar-refractivity contribution in [2.24, 2.45) is 0 Å². The van der Waals surface area contributed by atoms with E-state index in [9.17, 15) is 14.2 Å². The normalized spacial score (nSPS) is 15.9. The van der Waals surface area contributed by atoms with Crippen molar-refractivity contribution in [2.45, 2.75) is 25.8 Å². The molecular weight excluding hydrogens is 307 g/mol. The summed E-state index contributed by atoms with van der Waals surface area (Å²) in [5, 5.41) is -0.0975. The second-order valence-electron chi connectivity index (χ2n) is 4.75. The minimum absolute atomic E-state index is 0.0975. The van der Waals surface area contributed by atoms with Gasteiger partial charge in [0.2, 0.25) is 0 Å². The first-order chi connectivity index (χ1) is 9.26. The minimum atomic E-state index is -4.12. The third-order valence-corrected chi connectivity index (χ3v) is 4.25. The van der Waals surface area contributed by atoms with Crippen LogP contribution < -0.4 is 11.2 Å². The van der Waals surface area contributed by atoms with Crippen LogP contribution in [0.15, 0.2) is 26.9 Å². The third-order valence-electron chi connectivity index (χ3n) is 3.18. The maximum absolute atomic E-state index is 11.6. The SMILES string of the molecule is O=c1[nH]c(=O)n(CC2=C(CP(=O)(O)O)CCC2)cc1Cl. The number of rotatable bonds is 4. The summed E-state index contributed by atoms with van der Waals surface area (Å²) in [4.78, 5) is 43.0. The molecule has 0 amide bonds. The molecule has 0 radical (unpaired) electrons. The van der Waals surface area contributed by atoms with Gasteiger partial charge in [-0.05, 0) is 19.3 Å². The lowest BCUT2D eigenvalue weighted by molar-refractivity contribution is 0.375. The van der Waals surface area contributed by atoms with Crippen LogP contribution >= 0.6 is 19.2 Å². The summed E-state index contributed by atoms with van der Waals surface area (Å²) in [5.74, 6) is 0. The van der Waals surface area contributed by atoms with Gasteiger partial charge in [-0.25, -0.2) is 4.79 Å². The number of halogens is 1. The Morgan fingerprint density at radius 1 is 1.30 bits per heavy atom. The molecule has 0 fully saturated rings. The molecule has 1 aromatic heterocycles. The number of aromatic nitrogens is 2. The lowest BCUT2D eigenvalue weighted by atomic mass is 10.2. The van der Waals surface area contributed by atoms with E-state index in [2.05, 4.69) is 4.98 Å². The highest BCUT2D eigenvalue weighted by atomic mass is 35.5. The van der Waals surface area contributed by atoms with Crippen molar-refractivity contribution in [3.05, 3.63) is 43.2 Å². The van der Waals surface area contributed by atoms with Crippen LogP contribution in [-0.4, -0.2) is 25.5 Å². The van der Waals surface area contributed by atoms with E-state index in [1.807, 2.05) is 0 Å². The van der Waals surface area contributed by atoms with Gasteiger partial charge in [-0.3, -0.25) is 18.9 Å². The number of allylic oxidation sites excluding steroid dienone is 2. The Bertz CT molecular complexity index is 714. The number of hydrogen-bond acceptors (Lipinski definition) is 3. The van der Waals surface area contributed by atoms with Crippen LogP contribution in [0.1, 0.15) is 19.3 Å². The average molecular weight is 321 g/mol. The van der Waals surface area contributed by atoms with Gasteiger partial charge < -0.3 is 9.79 Å². The summed E-state index contributed by atoms with van der Waals surface area (Å²) >= 11 is 5.67. The molecule has 0 spiro atoms. The smallest absolute Gasteiger partial charge is 0.324 e. The fraction of sp³-hybridized carbons (Fsp3) is 0.455. The first kappa shape index (κ1) is 15.3. The number of hydrogen-bond donors (Lipinski definition) is 3. The molecule has 1 aliphatic carbocycles. The molecule has 0 bridgehead atoms. The Labute approximate surface area is 119 Å². The van der Waals surface area contributed by atoms with Gasteiger partial charge in [-0.2, -0.15) is 0 Å². The van der Waals surface area contributed by atoms with Crippen molar-refractivity contribution in [1.29, 1.82) is 0 Å². The number of aromatic amines is 1. The van der Waals surface area contributed by atoms with Gasteiger partial charge in [-0.15, -0.1) is 0 Å². The standard InChI is InChI=1S/C11H14ClN2O5P/c12-9-5-14(11(16)13-10(9)15)4-7-2-1-3-8(7)6-20(17,18)19/h5H,1-4,6H2,(H,13,15,16)(H2,17,18,19). The van der Waals surface area contributed by atoms with Crippen LogP contribution in [0.25, 0.3) is 0 Å². The molecule has 0 aliphatic heterocycles. The molecule has 110 valence electrons. The van der Waals surface area contributed by atoms with E-state index >= 15 is 0 Å². The summed E-state index contributed by atoms with van der Waals surface area (Å²) in [6.07, 6.45) is 3.05. The molecule has 0 unspecified atom stereocenters. The van der Waals surface area contributed by atoms with Gasteiger partial charge in [0, 0.05) is 12.7 Å². The fourth-order valence-electron chi connectivity index (χ4n) is 2.30. The van der Waals surface area contributed by atoms with Crippen LogP contribution in [0.2, 0.25) is 5.02 Å². The number of nitrogens with zero attached hydrogens (tertiary/aromatic N) is 1. The first-order valence-corrected chi connectivity index (χ1v) is 8.17. The third kappa shape index (κ3) is 3.70. The molecule has 0 saturated carbocycles. The molecule has 1 aliphatic rings. The Morgan fingerprint density at radius 3 is 2.60 bits per heavy atom. The van der Waals surface area contributed by atoms with Gasteiger partial charge in [0.05, 0.1) is 6.16 Å². The zero-order chi connectivity index (χ0) is 14.9. The van der Waals surface area contributed by atoms with Crippen molar-refractivity contribution in [3.63, 3.8) is 0 Å². The molecule has 7 nitrogen and oxygen atoms in total. The summed E-state index contributed by atoms with van der Waals surface area (Å²) in [5.41, 5.74) is 0.268. The number of H-pyrrole nitrogens is 1. The molecule has 0 atom stereocenters. The summed E-state index contributed by atoms with van der Waals surface area (Å²) in [6, 6.07) is 0. The minimum Gasteiger partial charge on any atom is -0.324 e. The molecule has 0 aromatic carbocycles. The largest absolute Gasteiger partial charge is 0.329 e. The van der Waals surface area contributed by atoms with Crippen molar-refractivity contribution in [2.75, 3.05) is 6.16 Å². The van der Waals surface area contributed by atoms with Crippen molar-refractivity contribution < 1.29 is 14.4 Å². The highest BCUT2D eigenvalue weighted by Gasteiger charge is 2.23. The molecule has 9 heteroatoms. The van der Waals surface area contributed by atoms with Gasteiger partial charge in [0.15, 0.2) is 0 Å². The lowest BCUT2D eigenvalue weighted by Gasteiger charge is -2.10. The van der Waals surface area contributed by atoms with E-state index in [-0.39, 0.29) is 17.7 Å². The molecular formula is C11H14ClN2O5P. The van der Waals surface area contributed by atoms with Gasteiger partial charge in [0.25, 0.3) is 5.56 Å². The molecule has 1 heterocycles. The van der Waals surface area contributed by atoms with Crippen molar-refractivity contribution in [1.82, 2.24) is 9.55 Å². The molecule has 20 heavy (non-hydrogen) atoms. The monoisotopic (exact) mass is 320 g/mol. The van der Waals surface area contributed by atoms with E-state index in [1.54, 1.807) is 0 Å². The summed E-state index contributed by atoms with van der Waals surface area (Å²) in [6.45, 7) is 0.185. The highest BCUT2D eigenvalue weighted by Crippen LogP contribution is 2.41. The second kappa shape index (κ2) is 5.69. The zero-order valence-electron chi connectivity index (χ0n) is 10.5. The zero-order valence-corrected chi connectivity index (χ0v) is 12.2. The van der Waals surface area contributed by atoms with Crippen LogP contribution in [-0.2, 0) is 11.1 Å². The first-order valence-electron chi connectivity index (χ1n) is 6.00. The van der Waals surface area contributed by atoms with E-state index < -0.39 is 18.8 Å². The Balaban J connectivity index is 2.31. The Kier molecular flexibility index (Phi) is 4.34. The van der Waals surface area contributed by atoms with E-state index in [0.717, 1.165) is 12.0 Å².